The van der Waals surface area contributed by atoms with Crippen LogP contribution >= 0.6 is 0 Å². The number of nitrogens with zero attached hydrogens (tertiary/aromatic N) is 9. The van der Waals surface area contributed by atoms with E-state index in [1.54, 1.807) is 31.1 Å². The SMILES string of the molecule is Cc1cn(-c2nccc3[nH]c(-c4n[nH]c5cnc(-c6cncc(N7CC(N)C7)n6)cc45)nc23)cn1. The Balaban J connectivity index is 1.31. The van der Waals surface area contributed by atoms with E-state index in [1.165, 1.54) is 0 Å². The van der Waals surface area contributed by atoms with E-state index >= 15 is 0 Å². The second-order valence-corrected chi connectivity index (χ2v) is 8.65. The van der Waals surface area contributed by atoms with Crippen LogP contribution in [-0.2, 0) is 0 Å². The number of imidazole rings is 2. The molecule has 1 aliphatic rings. The minimum atomic E-state index is 0.181. The average Bonchev–Trinajstić information content (AvgIpc) is 3.59. The molecule has 0 spiro atoms. The van der Waals surface area contributed by atoms with Crippen LogP contribution in [0.3, 0.4) is 0 Å². The highest BCUT2D eigenvalue weighted by Gasteiger charge is 2.25. The zero-order chi connectivity index (χ0) is 23.5. The molecule has 12 nitrogen and oxygen atoms in total. The maximum atomic E-state index is 5.92. The summed E-state index contributed by atoms with van der Waals surface area (Å²) in [5.41, 5.74) is 11.3. The lowest BCUT2D eigenvalue weighted by Gasteiger charge is -2.37. The fourth-order valence-corrected chi connectivity index (χ4v) is 4.33. The summed E-state index contributed by atoms with van der Waals surface area (Å²) >= 11 is 0. The number of fused-ring (bicyclic) bond motifs is 2. The van der Waals surface area contributed by atoms with Gasteiger partial charge in [0.15, 0.2) is 11.6 Å². The number of H-pyrrole nitrogens is 2. The predicted molar refractivity (Wildman–Crippen MR) is 130 cm³/mol. The molecule has 4 N–H and O–H groups in total. The van der Waals surface area contributed by atoms with Gasteiger partial charge in [0.25, 0.3) is 0 Å². The smallest absolute Gasteiger partial charge is 0.166 e. The molecule has 0 unspecified atom stereocenters. The highest BCUT2D eigenvalue weighted by atomic mass is 15.3. The standard InChI is InChI=1S/C23H20N12/c1-12-8-35(11-28-12)23-21-15(2-3-26-23)30-22(31-21)20-14-4-16(27-6-17(14)32-33-20)18-5-25-7-19(29-18)34-9-13(24)10-34/h2-8,11,13H,9-10,24H2,1H3,(H,30,31)(H,32,33). The molecule has 1 aliphatic heterocycles. The van der Waals surface area contributed by atoms with E-state index in [0.717, 1.165) is 46.5 Å². The van der Waals surface area contributed by atoms with Gasteiger partial charge in [0.1, 0.15) is 29.0 Å². The van der Waals surface area contributed by atoms with Crippen molar-refractivity contribution >= 4 is 27.8 Å². The first-order valence-corrected chi connectivity index (χ1v) is 11.2. The van der Waals surface area contributed by atoms with Gasteiger partial charge in [-0.1, -0.05) is 0 Å². The van der Waals surface area contributed by atoms with Crippen LogP contribution in [0.5, 0.6) is 0 Å². The van der Waals surface area contributed by atoms with E-state index in [-0.39, 0.29) is 6.04 Å². The molecule has 6 aromatic rings. The number of pyridine rings is 2. The van der Waals surface area contributed by atoms with Crippen molar-refractivity contribution in [2.75, 3.05) is 18.0 Å². The first kappa shape index (κ1) is 19.7. The number of aromatic amines is 2. The van der Waals surface area contributed by atoms with Crippen LogP contribution in [0.15, 0.2) is 49.4 Å². The first-order valence-electron chi connectivity index (χ1n) is 11.2. The Morgan fingerprint density at radius 3 is 2.77 bits per heavy atom. The zero-order valence-electron chi connectivity index (χ0n) is 18.7. The summed E-state index contributed by atoms with van der Waals surface area (Å²) in [6.07, 6.45) is 10.6. The van der Waals surface area contributed by atoms with Crippen molar-refractivity contribution in [3.8, 4) is 28.7 Å². The molecular weight excluding hydrogens is 444 g/mol. The number of hydrogen-bond acceptors (Lipinski definition) is 9. The molecule has 0 radical (unpaired) electrons. The highest BCUT2D eigenvalue weighted by molar-refractivity contribution is 5.95. The number of rotatable bonds is 4. The number of aryl methyl sites for hydroxylation is 1. The van der Waals surface area contributed by atoms with Crippen LogP contribution in [-0.4, -0.2) is 68.8 Å². The van der Waals surface area contributed by atoms with Crippen LogP contribution < -0.4 is 10.6 Å². The number of nitrogens with two attached hydrogens (primary N) is 1. The van der Waals surface area contributed by atoms with Gasteiger partial charge in [-0.25, -0.2) is 19.9 Å². The normalized spacial score (nSPS) is 14.2. The Kier molecular flexibility index (Phi) is 4.17. The lowest BCUT2D eigenvalue weighted by molar-refractivity contribution is 0.514. The molecule has 6 aromatic heterocycles. The topological polar surface area (TPSA) is 156 Å². The van der Waals surface area contributed by atoms with Crippen LogP contribution in [0.25, 0.3) is 50.7 Å². The van der Waals surface area contributed by atoms with Crippen molar-refractivity contribution in [1.29, 1.82) is 0 Å². The molecule has 0 bridgehead atoms. The average molecular weight is 464 g/mol. The van der Waals surface area contributed by atoms with Crippen LogP contribution in [0.1, 0.15) is 5.69 Å². The van der Waals surface area contributed by atoms with Gasteiger partial charge in [-0.3, -0.25) is 19.6 Å². The van der Waals surface area contributed by atoms with Crippen LogP contribution in [0, 0.1) is 6.92 Å². The van der Waals surface area contributed by atoms with Gasteiger partial charge in [-0.05, 0) is 19.1 Å². The number of aromatic nitrogens is 10. The molecule has 12 heteroatoms. The van der Waals surface area contributed by atoms with Crippen molar-refractivity contribution in [2.45, 2.75) is 13.0 Å². The summed E-state index contributed by atoms with van der Waals surface area (Å²) < 4.78 is 1.86. The Bertz CT molecular complexity index is 1700. The van der Waals surface area contributed by atoms with E-state index in [4.69, 9.17) is 15.7 Å². The molecule has 0 amide bonds. The lowest BCUT2D eigenvalue weighted by atomic mass is 10.1. The maximum Gasteiger partial charge on any atom is 0.166 e. The molecule has 1 fully saturated rings. The van der Waals surface area contributed by atoms with Crippen LogP contribution in [0.4, 0.5) is 5.82 Å². The summed E-state index contributed by atoms with van der Waals surface area (Å²) in [7, 11) is 0. The van der Waals surface area contributed by atoms with Crippen molar-refractivity contribution in [3.63, 3.8) is 0 Å². The Morgan fingerprint density at radius 1 is 1.03 bits per heavy atom. The van der Waals surface area contributed by atoms with Crippen LogP contribution in [0.2, 0.25) is 0 Å². The molecule has 172 valence electrons. The van der Waals surface area contributed by atoms with E-state index in [0.29, 0.717) is 28.7 Å². The molecule has 1 saturated heterocycles. The Morgan fingerprint density at radius 2 is 1.94 bits per heavy atom. The van der Waals surface area contributed by atoms with Crippen molar-refractivity contribution < 1.29 is 0 Å². The maximum absolute atomic E-state index is 5.92. The first-order chi connectivity index (χ1) is 17.1. The third kappa shape index (κ3) is 3.22. The van der Waals surface area contributed by atoms with Gasteiger partial charge < -0.3 is 15.6 Å². The van der Waals surface area contributed by atoms with Gasteiger partial charge in [-0.15, -0.1) is 0 Å². The second kappa shape index (κ2) is 7.40. The monoisotopic (exact) mass is 464 g/mol. The number of anilines is 1. The van der Waals surface area contributed by atoms with Crippen molar-refractivity contribution in [2.24, 2.45) is 5.73 Å². The van der Waals surface area contributed by atoms with Gasteiger partial charge in [0, 0.05) is 36.9 Å². The second-order valence-electron chi connectivity index (χ2n) is 8.65. The number of hydrogen-bond donors (Lipinski definition) is 3. The molecular formula is C23H20N12. The third-order valence-electron chi connectivity index (χ3n) is 6.13. The van der Waals surface area contributed by atoms with Crippen molar-refractivity contribution in [1.82, 2.24) is 49.7 Å². The summed E-state index contributed by atoms with van der Waals surface area (Å²) in [5, 5.41) is 8.45. The minimum absolute atomic E-state index is 0.181. The van der Waals surface area contributed by atoms with E-state index in [2.05, 4.69) is 40.0 Å². The fraction of sp³-hybridized carbons (Fsp3) is 0.174. The molecule has 0 aliphatic carbocycles. The summed E-state index contributed by atoms with van der Waals surface area (Å²) in [5.74, 6) is 2.13. The summed E-state index contributed by atoms with van der Waals surface area (Å²) in [6.45, 7) is 3.49. The Hall–Kier alpha value is -4.71. The lowest BCUT2D eigenvalue weighted by Crippen LogP contribution is -2.56. The number of nitrogens with one attached hydrogen (secondary N) is 2. The van der Waals surface area contributed by atoms with E-state index in [1.807, 2.05) is 29.8 Å². The fourth-order valence-electron chi connectivity index (χ4n) is 4.33. The molecule has 0 aromatic carbocycles. The van der Waals surface area contributed by atoms with Crippen molar-refractivity contribution in [3.05, 3.63) is 55.1 Å². The van der Waals surface area contributed by atoms with E-state index < -0.39 is 0 Å². The molecule has 0 saturated carbocycles. The van der Waals surface area contributed by atoms with Gasteiger partial charge in [-0.2, -0.15) is 5.10 Å². The van der Waals surface area contributed by atoms with Gasteiger partial charge >= 0.3 is 0 Å². The quantitative estimate of drug-likeness (QED) is 0.355. The zero-order valence-corrected chi connectivity index (χ0v) is 18.7. The third-order valence-corrected chi connectivity index (χ3v) is 6.13. The minimum Gasteiger partial charge on any atom is -0.352 e. The van der Waals surface area contributed by atoms with E-state index in [9.17, 15) is 0 Å². The summed E-state index contributed by atoms with van der Waals surface area (Å²) in [4.78, 5) is 32.8. The summed E-state index contributed by atoms with van der Waals surface area (Å²) in [6, 6.07) is 4.03. The molecule has 0 atom stereocenters. The highest BCUT2D eigenvalue weighted by Crippen LogP contribution is 2.30. The van der Waals surface area contributed by atoms with Gasteiger partial charge in [0.05, 0.1) is 41.0 Å². The molecule has 35 heavy (non-hydrogen) atoms. The van der Waals surface area contributed by atoms with Gasteiger partial charge in [0.2, 0.25) is 0 Å². The molecule has 7 rings (SSSR count). The largest absolute Gasteiger partial charge is 0.352 e. The molecule has 7 heterocycles. The predicted octanol–water partition coefficient (Wildman–Crippen LogP) is 1.99. The Labute approximate surface area is 198 Å².